The summed E-state index contributed by atoms with van der Waals surface area (Å²) in [5, 5.41) is 12.7. The Morgan fingerprint density at radius 3 is 1.51 bits per heavy atom. The fourth-order valence-electron chi connectivity index (χ4n) is 10.2. The summed E-state index contributed by atoms with van der Waals surface area (Å²) in [7, 11) is 0. The highest BCUT2D eigenvalue weighted by Crippen LogP contribution is 2.46. The number of anilines is 3. The standard InChI is InChI=1S/C58H37N3/c1-5-15-41(16-6-1)59(42-17-7-2-8-18-42)45-29-34-54-51(37-45)50-35-39(28-33-53(50)60(54)43-19-9-3-10-20-43)46-30-25-38-26-32-49-57-40(27-31-47(46)56(38)57)36-55-58(49)48-23-13-14-24-52(48)61(55)44-21-11-4-12-22-44/h1-37H. The van der Waals surface area contributed by atoms with Crippen molar-refractivity contribution < 1.29 is 0 Å². The first-order valence-electron chi connectivity index (χ1n) is 21.0. The third-order valence-electron chi connectivity index (χ3n) is 12.8. The van der Waals surface area contributed by atoms with E-state index < -0.39 is 0 Å². The van der Waals surface area contributed by atoms with Crippen molar-refractivity contribution in [2.24, 2.45) is 0 Å². The molecule has 61 heavy (non-hydrogen) atoms. The van der Waals surface area contributed by atoms with Crippen LogP contribution in [0.15, 0.2) is 224 Å². The highest BCUT2D eigenvalue weighted by molar-refractivity contribution is 6.34. The Labute approximate surface area is 352 Å². The van der Waals surface area contributed by atoms with Crippen LogP contribution in [-0.4, -0.2) is 9.13 Å². The first-order valence-corrected chi connectivity index (χ1v) is 21.0. The van der Waals surface area contributed by atoms with E-state index in [9.17, 15) is 0 Å². The number of rotatable bonds is 6. The van der Waals surface area contributed by atoms with E-state index in [0.717, 1.165) is 22.7 Å². The topological polar surface area (TPSA) is 13.1 Å². The lowest BCUT2D eigenvalue weighted by molar-refractivity contribution is 1.18. The second-order valence-corrected chi connectivity index (χ2v) is 16.1. The zero-order valence-corrected chi connectivity index (χ0v) is 33.2. The van der Waals surface area contributed by atoms with Crippen molar-refractivity contribution >= 4 is 93.0 Å². The molecule has 3 heteroatoms. The van der Waals surface area contributed by atoms with Gasteiger partial charge in [-0.25, -0.2) is 0 Å². The van der Waals surface area contributed by atoms with Gasteiger partial charge in [-0.05, 0) is 134 Å². The largest absolute Gasteiger partial charge is 0.310 e. The molecule has 0 amide bonds. The van der Waals surface area contributed by atoms with Crippen molar-refractivity contribution in [3.8, 4) is 22.5 Å². The molecule has 0 aliphatic rings. The summed E-state index contributed by atoms with van der Waals surface area (Å²) in [5.74, 6) is 0. The van der Waals surface area contributed by atoms with Gasteiger partial charge in [-0.3, -0.25) is 0 Å². The van der Waals surface area contributed by atoms with Crippen LogP contribution >= 0.6 is 0 Å². The number of hydrogen-bond acceptors (Lipinski definition) is 1. The molecule has 0 aliphatic heterocycles. The zero-order chi connectivity index (χ0) is 40.0. The first-order chi connectivity index (χ1) is 30.3. The van der Waals surface area contributed by atoms with Gasteiger partial charge in [0.15, 0.2) is 0 Å². The van der Waals surface area contributed by atoms with E-state index in [1.165, 1.54) is 92.7 Å². The van der Waals surface area contributed by atoms with Gasteiger partial charge < -0.3 is 14.0 Å². The molecule has 0 aliphatic carbocycles. The second kappa shape index (κ2) is 13.2. The minimum absolute atomic E-state index is 1.12. The van der Waals surface area contributed by atoms with Crippen LogP contribution in [0.2, 0.25) is 0 Å². The highest BCUT2D eigenvalue weighted by Gasteiger charge is 2.21. The second-order valence-electron chi connectivity index (χ2n) is 16.1. The highest BCUT2D eigenvalue weighted by atomic mass is 15.1. The number of para-hydroxylation sites is 5. The molecule has 0 atom stereocenters. The van der Waals surface area contributed by atoms with Gasteiger partial charge >= 0.3 is 0 Å². The van der Waals surface area contributed by atoms with Gasteiger partial charge in [0, 0.05) is 50.0 Å². The maximum absolute atomic E-state index is 2.43. The van der Waals surface area contributed by atoms with Crippen molar-refractivity contribution in [1.82, 2.24) is 9.13 Å². The van der Waals surface area contributed by atoms with Gasteiger partial charge in [-0.15, -0.1) is 0 Å². The van der Waals surface area contributed by atoms with E-state index in [1.807, 2.05) is 0 Å². The maximum atomic E-state index is 2.43. The van der Waals surface area contributed by atoms with Crippen LogP contribution in [-0.2, 0) is 0 Å². The molecule has 13 aromatic rings. The van der Waals surface area contributed by atoms with Gasteiger partial charge in [0.05, 0.1) is 22.1 Å². The molecular weight excluding hydrogens is 739 g/mol. The Morgan fingerprint density at radius 1 is 0.279 bits per heavy atom. The lowest BCUT2D eigenvalue weighted by atomic mass is 9.88. The molecule has 0 fully saturated rings. The average Bonchev–Trinajstić information content (AvgIpc) is 3.84. The van der Waals surface area contributed by atoms with Gasteiger partial charge in [-0.2, -0.15) is 0 Å². The summed E-state index contributed by atoms with van der Waals surface area (Å²) in [4.78, 5) is 2.35. The Morgan fingerprint density at radius 2 is 0.803 bits per heavy atom. The Kier molecular flexibility index (Phi) is 7.31. The molecule has 2 aromatic heterocycles. The summed E-state index contributed by atoms with van der Waals surface area (Å²) in [6.45, 7) is 0. The van der Waals surface area contributed by atoms with Crippen molar-refractivity contribution in [2.45, 2.75) is 0 Å². The van der Waals surface area contributed by atoms with Crippen LogP contribution in [0.3, 0.4) is 0 Å². The molecule has 0 saturated carbocycles. The molecule has 0 radical (unpaired) electrons. The molecule has 3 nitrogen and oxygen atoms in total. The Balaban J connectivity index is 1.06. The van der Waals surface area contributed by atoms with Crippen molar-refractivity contribution in [3.05, 3.63) is 224 Å². The molecule has 11 aromatic carbocycles. The summed E-state index contributed by atoms with van der Waals surface area (Å²) >= 11 is 0. The molecule has 284 valence electrons. The fraction of sp³-hybridized carbons (Fsp3) is 0. The fourth-order valence-corrected chi connectivity index (χ4v) is 10.2. The number of aromatic nitrogens is 2. The number of fused-ring (bicyclic) bond motifs is 7. The van der Waals surface area contributed by atoms with Gasteiger partial charge in [-0.1, -0.05) is 133 Å². The Bertz CT molecular complexity index is 3750. The summed E-state index contributed by atoms with van der Waals surface area (Å²) in [6.07, 6.45) is 0. The minimum Gasteiger partial charge on any atom is -0.310 e. The third-order valence-corrected chi connectivity index (χ3v) is 12.8. The van der Waals surface area contributed by atoms with E-state index >= 15 is 0 Å². The summed E-state index contributed by atoms with van der Waals surface area (Å²) < 4.78 is 4.84. The van der Waals surface area contributed by atoms with E-state index in [4.69, 9.17) is 0 Å². The SMILES string of the molecule is c1ccc(N(c2ccccc2)c2ccc3c(c2)c2cc(-c4ccc5ccc6c7c(ccc4c57)cc4c6c5ccccc5n4-c4ccccc4)ccc2n3-c2ccccc2)cc1. The van der Waals surface area contributed by atoms with Crippen LogP contribution in [0.25, 0.3) is 98.4 Å². The van der Waals surface area contributed by atoms with Crippen molar-refractivity contribution in [2.75, 3.05) is 4.90 Å². The lowest BCUT2D eigenvalue weighted by Gasteiger charge is -2.25. The first kappa shape index (κ1) is 33.8. The van der Waals surface area contributed by atoms with Crippen LogP contribution < -0.4 is 4.90 Å². The van der Waals surface area contributed by atoms with E-state index in [2.05, 4.69) is 238 Å². The number of nitrogens with zero attached hydrogens (tertiary/aromatic N) is 3. The molecule has 0 saturated heterocycles. The molecule has 0 spiro atoms. The van der Waals surface area contributed by atoms with Crippen LogP contribution in [0, 0.1) is 0 Å². The van der Waals surface area contributed by atoms with Crippen LogP contribution in [0.1, 0.15) is 0 Å². The lowest BCUT2D eigenvalue weighted by Crippen LogP contribution is -2.09. The molecular formula is C58H37N3. The van der Waals surface area contributed by atoms with Gasteiger partial charge in [0.1, 0.15) is 0 Å². The van der Waals surface area contributed by atoms with E-state index in [0.29, 0.717) is 0 Å². The molecule has 2 heterocycles. The van der Waals surface area contributed by atoms with E-state index in [-0.39, 0.29) is 0 Å². The van der Waals surface area contributed by atoms with E-state index in [1.54, 1.807) is 0 Å². The Hall–Kier alpha value is -8.14. The third kappa shape index (κ3) is 5.04. The predicted molar refractivity (Wildman–Crippen MR) is 259 cm³/mol. The maximum Gasteiger partial charge on any atom is 0.0553 e. The normalized spacial score (nSPS) is 11.9. The molecule has 0 unspecified atom stereocenters. The van der Waals surface area contributed by atoms with Gasteiger partial charge in [0.2, 0.25) is 0 Å². The molecule has 0 bridgehead atoms. The quantitative estimate of drug-likeness (QED) is 0.153. The van der Waals surface area contributed by atoms with Crippen LogP contribution in [0.5, 0.6) is 0 Å². The summed E-state index contributed by atoms with van der Waals surface area (Å²) in [5.41, 5.74) is 12.9. The number of hydrogen-bond donors (Lipinski definition) is 0. The van der Waals surface area contributed by atoms with Crippen LogP contribution in [0.4, 0.5) is 17.1 Å². The smallest absolute Gasteiger partial charge is 0.0553 e. The monoisotopic (exact) mass is 775 g/mol. The predicted octanol–water partition coefficient (Wildman–Crippen LogP) is 15.9. The average molecular weight is 776 g/mol. The van der Waals surface area contributed by atoms with Crippen molar-refractivity contribution in [1.29, 1.82) is 0 Å². The zero-order valence-electron chi connectivity index (χ0n) is 33.2. The molecule has 13 rings (SSSR count). The van der Waals surface area contributed by atoms with Gasteiger partial charge in [0.25, 0.3) is 0 Å². The summed E-state index contributed by atoms with van der Waals surface area (Å²) in [6, 6.07) is 82.1. The number of benzene rings is 11. The van der Waals surface area contributed by atoms with Crippen molar-refractivity contribution in [3.63, 3.8) is 0 Å². The molecule has 0 N–H and O–H groups in total. The minimum atomic E-state index is 1.12.